The van der Waals surface area contributed by atoms with E-state index < -0.39 is 6.04 Å². The molecule has 4 aromatic rings. The van der Waals surface area contributed by atoms with E-state index in [1.54, 1.807) is 36.1 Å². The number of hydrogen-bond acceptors (Lipinski definition) is 3. The standard InChI is InChI=1S/C23H20ClN3O2/c1-15(23(28)25-18-9-11-19(29-2)12-10-18)27-21-13-8-17(24)14-20(21)22(26-27)16-6-4-3-5-7-16/h3-15H,1-2H3,(H,25,28)/t15-/m1/s1. The summed E-state index contributed by atoms with van der Waals surface area (Å²) in [5.74, 6) is 0.577. The molecule has 0 bridgehead atoms. The van der Waals surface area contributed by atoms with Gasteiger partial charge < -0.3 is 10.1 Å². The summed E-state index contributed by atoms with van der Waals surface area (Å²) in [6.07, 6.45) is 0. The Bertz CT molecular complexity index is 1150. The number of methoxy groups -OCH3 is 1. The summed E-state index contributed by atoms with van der Waals surface area (Å²) in [5.41, 5.74) is 3.32. The molecule has 0 spiro atoms. The molecule has 0 saturated heterocycles. The summed E-state index contributed by atoms with van der Waals surface area (Å²) in [5, 5.41) is 9.24. The van der Waals surface area contributed by atoms with Gasteiger partial charge in [-0.05, 0) is 49.4 Å². The SMILES string of the molecule is COc1ccc(NC(=O)[C@@H](C)n2nc(-c3ccccc3)c3cc(Cl)ccc32)cc1. The van der Waals surface area contributed by atoms with Crippen LogP contribution in [0.2, 0.25) is 5.02 Å². The van der Waals surface area contributed by atoms with Crippen LogP contribution in [0.4, 0.5) is 5.69 Å². The molecule has 5 nitrogen and oxygen atoms in total. The van der Waals surface area contributed by atoms with E-state index >= 15 is 0 Å². The highest BCUT2D eigenvalue weighted by atomic mass is 35.5. The monoisotopic (exact) mass is 405 g/mol. The van der Waals surface area contributed by atoms with Crippen molar-refractivity contribution in [3.63, 3.8) is 0 Å². The Labute approximate surface area is 173 Å². The van der Waals surface area contributed by atoms with Gasteiger partial charge in [0.1, 0.15) is 17.5 Å². The van der Waals surface area contributed by atoms with Gasteiger partial charge in [0.2, 0.25) is 5.91 Å². The first kappa shape index (κ1) is 19.0. The number of halogens is 1. The Kier molecular flexibility index (Phi) is 5.23. The highest BCUT2D eigenvalue weighted by molar-refractivity contribution is 6.31. The molecule has 29 heavy (non-hydrogen) atoms. The van der Waals surface area contributed by atoms with Crippen LogP contribution in [-0.4, -0.2) is 22.8 Å². The molecule has 1 atom stereocenters. The minimum Gasteiger partial charge on any atom is -0.497 e. The number of benzene rings is 3. The predicted molar refractivity (Wildman–Crippen MR) is 117 cm³/mol. The molecule has 6 heteroatoms. The third kappa shape index (κ3) is 3.82. The second-order valence-corrected chi connectivity index (χ2v) is 7.15. The topological polar surface area (TPSA) is 56.1 Å². The van der Waals surface area contributed by atoms with Crippen molar-refractivity contribution in [3.05, 3.63) is 77.8 Å². The average molecular weight is 406 g/mol. The molecule has 1 aromatic heterocycles. The number of carbonyl (C=O) groups excluding carboxylic acids is 1. The second kappa shape index (κ2) is 7.97. The van der Waals surface area contributed by atoms with Gasteiger partial charge in [0, 0.05) is 21.7 Å². The third-order valence-corrected chi connectivity index (χ3v) is 5.05. The Hall–Kier alpha value is -3.31. The second-order valence-electron chi connectivity index (χ2n) is 6.71. The first-order valence-corrected chi connectivity index (χ1v) is 9.62. The van der Waals surface area contributed by atoms with Gasteiger partial charge in [0.15, 0.2) is 0 Å². The van der Waals surface area contributed by atoms with E-state index in [4.69, 9.17) is 21.4 Å². The number of aromatic nitrogens is 2. The number of nitrogens with zero attached hydrogens (tertiary/aromatic N) is 2. The fourth-order valence-corrected chi connectivity index (χ4v) is 3.42. The first-order valence-electron chi connectivity index (χ1n) is 9.25. The van der Waals surface area contributed by atoms with Crippen molar-refractivity contribution in [1.29, 1.82) is 0 Å². The minimum atomic E-state index is -0.516. The van der Waals surface area contributed by atoms with Crippen LogP contribution in [0.25, 0.3) is 22.2 Å². The van der Waals surface area contributed by atoms with Gasteiger partial charge in [-0.3, -0.25) is 9.48 Å². The molecule has 0 saturated carbocycles. The van der Waals surface area contributed by atoms with Crippen molar-refractivity contribution in [2.24, 2.45) is 0 Å². The number of anilines is 1. The Morgan fingerprint density at radius 1 is 1.07 bits per heavy atom. The van der Waals surface area contributed by atoms with Gasteiger partial charge in [-0.15, -0.1) is 0 Å². The van der Waals surface area contributed by atoms with E-state index in [0.29, 0.717) is 10.7 Å². The molecule has 4 rings (SSSR count). The van der Waals surface area contributed by atoms with Crippen LogP contribution in [0.3, 0.4) is 0 Å². The van der Waals surface area contributed by atoms with Crippen molar-refractivity contribution < 1.29 is 9.53 Å². The van der Waals surface area contributed by atoms with E-state index in [0.717, 1.165) is 27.9 Å². The number of fused-ring (bicyclic) bond motifs is 1. The zero-order valence-corrected chi connectivity index (χ0v) is 16.9. The molecule has 0 aliphatic carbocycles. The number of nitrogens with one attached hydrogen (secondary N) is 1. The van der Waals surface area contributed by atoms with Crippen LogP contribution in [0, 0.1) is 0 Å². The minimum absolute atomic E-state index is 0.158. The van der Waals surface area contributed by atoms with Crippen LogP contribution in [-0.2, 0) is 4.79 Å². The molecule has 0 unspecified atom stereocenters. The molecule has 0 radical (unpaired) electrons. The maximum Gasteiger partial charge on any atom is 0.248 e. The smallest absolute Gasteiger partial charge is 0.248 e. The summed E-state index contributed by atoms with van der Waals surface area (Å²) < 4.78 is 6.90. The summed E-state index contributed by atoms with van der Waals surface area (Å²) in [7, 11) is 1.61. The molecule has 146 valence electrons. The average Bonchev–Trinajstić information content (AvgIpc) is 3.13. The Morgan fingerprint density at radius 3 is 2.48 bits per heavy atom. The lowest BCUT2D eigenvalue weighted by molar-refractivity contribution is -0.118. The maximum atomic E-state index is 12.9. The summed E-state index contributed by atoms with van der Waals surface area (Å²) in [4.78, 5) is 12.9. The number of ether oxygens (including phenoxy) is 1. The summed E-state index contributed by atoms with van der Waals surface area (Å²) in [6.45, 7) is 1.83. The van der Waals surface area contributed by atoms with Crippen LogP contribution in [0.15, 0.2) is 72.8 Å². The number of amides is 1. The lowest BCUT2D eigenvalue weighted by Crippen LogP contribution is -2.24. The van der Waals surface area contributed by atoms with Crippen LogP contribution >= 0.6 is 11.6 Å². The predicted octanol–water partition coefficient (Wildman–Crippen LogP) is 5.57. The molecule has 1 heterocycles. The van der Waals surface area contributed by atoms with Gasteiger partial charge in [-0.25, -0.2) is 0 Å². The Morgan fingerprint density at radius 2 is 1.79 bits per heavy atom. The Balaban J connectivity index is 1.70. The molecular formula is C23H20ClN3O2. The largest absolute Gasteiger partial charge is 0.497 e. The molecule has 1 N–H and O–H groups in total. The van der Waals surface area contributed by atoms with Crippen molar-refractivity contribution in [2.45, 2.75) is 13.0 Å². The zero-order valence-electron chi connectivity index (χ0n) is 16.1. The number of rotatable bonds is 5. The van der Waals surface area contributed by atoms with E-state index in [1.807, 2.05) is 55.5 Å². The maximum absolute atomic E-state index is 12.9. The van der Waals surface area contributed by atoms with Crippen LogP contribution in [0.1, 0.15) is 13.0 Å². The third-order valence-electron chi connectivity index (χ3n) is 4.82. The number of hydrogen-bond donors (Lipinski definition) is 1. The van der Waals surface area contributed by atoms with E-state index in [2.05, 4.69) is 5.32 Å². The highest BCUT2D eigenvalue weighted by Crippen LogP contribution is 2.32. The zero-order chi connectivity index (χ0) is 20.4. The van der Waals surface area contributed by atoms with Crippen molar-refractivity contribution >= 4 is 34.1 Å². The lowest BCUT2D eigenvalue weighted by Gasteiger charge is -2.14. The van der Waals surface area contributed by atoms with Crippen LogP contribution < -0.4 is 10.1 Å². The van der Waals surface area contributed by atoms with Gasteiger partial charge >= 0.3 is 0 Å². The molecule has 0 aliphatic rings. The summed E-state index contributed by atoms with van der Waals surface area (Å²) >= 11 is 6.23. The van der Waals surface area contributed by atoms with Crippen LogP contribution in [0.5, 0.6) is 5.75 Å². The molecule has 0 aliphatic heterocycles. The molecular weight excluding hydrogens is 386 g/mol. The highest BCUT2D eigenvalue weighted by Gasteiger charge is 2.21. The molecule has 0 fully saturated rings. The first-order chi connectivity index (χ1) is 14.1. The van der Waals surface area contributed by atoms with Crippen molar-refractivity contribution in [3.8, 4) is 17.0 Å². The van der Waals surface area contributed by atoms with Gasteiger partial charge in [0.25, 0.3) is 0 Å². The fourth-order valence-electron chi connectivity index (χ4n) is 3.25. The quantitative estimate of drug-likeness (QED) is 0.472. The van der Waals surface area contributed by atoms with Crippen molar-refractivity contribution in [2.75, 3.05) is 12.4 Å². The van der Waals surface area contributed by atoms with E-state index in [-0.39, 0.29) is 5.91 Å². The normalized spacial score (nSPS) is 12.0. The van der Waals surface area contributed by atoms with Crippen molar-refractivity contribution in [1.82, 2.24) is 9.78 Å². The molecule has 1 amide bonds. The van der Waals surface area contributed by atoms with E-state index in [9.17, 15) is 4.79 Å². The fraction of sp³-hybridized carbons (Fsp3) is 0.130. The summed E-state index contributed by atoms with van der Waals surface area (Å²) in [6, 6.07) is 22.2. The van der Waals surface area contributed by atoms with Gasteiger partial charge in [0.05, 0.1) is 12.6 Å². The van der Waals surface area contributed by atoms with Gasteiger partial charge in [-0.2, -0.15) is 5.10 Å². The molecule has 3 aromatic carbocycles. The van der Waals surface area contributed by atoms with Gasteiger partial charge in [-0.1, -0.05) is 41.9 Å². The lowest BCUT2D eigenvalue weighted by atomic mass is 10.1. The van der Waals surface area contributed by atoms with E-state index in [1.165, 1.54) is 0 Å². The number of carbonyl (C=O) groups is 1.